The van der Waals surface area contributed by atoms with Crippen LogP contribution in [0.15, 0.2) is 12.3 Å². The van der Waals surface area contributed by atoms with Crippen LogP contribution in [-0.4, -0.2) is 36.1 Å². The Hall–Kier alpha value is -0.870. The minimum Gasteiger partial charge on any atom is -0.380 e. The van der Waals surface area contributed by atoms with E-state index in [4.69, 9.17) is 4.74 Å². The van der Waals surface area contributed by atoms with Crippen molar-refractivity contribution in [1.29, 1.82) is 0 Å². The van der Waals surface area contributed by atoms with Crippen molar-refractivity contribution in [2.75, 3.05) is 14.2 Å². The molecule has 3 atom stereocenters. The molecule has 0 fully saturated rings. The molecule has 1 rings (SSSR count). The molecule has 1 aromatic heterocycles. The number of nitrogens with one attached hydrogen (secondary N) is 1. The van der Waals surface area contributed by atoms with Gasteiger partial charge in [0.05, 0.1) is 11.8 Å². The number of nitrogens with zero attached hydrogens (tertiary/aromatic N) is 2. The summed E-state index contributed by atoms with van der Waals surface area (Å²) >= 11 is 0. The van der Waals surface area contributed by atoms with Gasteiger partial charge in [-0.05, 0) is 32.9 Å². The van der Waals surface area contributed by atoms with Gasteiger partial charge in [0.25, 0.3) is 0 Å². The fourth-order valence-electron chi connectivity index (χ4n) is 2.18. The third-order valence-electron chi connectivity index (χ3n) is 3.66. The van der Waals surface area contributed by atoms with Crippen LogP contribution in [-0.2, 0) is 11.2 Å². The fourth-order valence-corrected chi connectivity index (χ4v) is 2.18. The molecule has 0 saturated carbocycles. The average molecular weight is 253 g/mol. The summed E-state index contributed by atoms with van der Waals surface area (Å²) < 4.78 is 7.55. The quantitative estimate of drug-likeness (QED) is 0.773. The van der Waals surface area contributed by atoms with Crippen LogP contribution in [0.1, 0.15) is 45.3 Å². The van der Waals surface area contributed by atoms with Gasteiger partial charge in [0.1, 0.15) is 0 Å². The third kappa shape index (κ3) is 3.82. The van der Waals surface area contributed by atoms with Gasteiger partial charge >= 0.3 is 0 Å². The molecule has 1 heterocycles. The standard InChI is InChI=1S/C14H27N3O/c1-6-11(3)17-9-8-12(16-17)10-13(15-4)14(7-2)18-5/h8-9,11,13-15H,6-7,10H2,1-5H3. The zero-order valence-electron chi connectivity index (χ0n) is 12.3. The van der Waals surface area contributed by atoms with Gasteiger partial charge in [-0.2, -0.15) is 5.10 Å². The molecule has 18 heavy (non-hydrogen) atoms. The van der Waals surface area contributed by atoms with Crippen LogP contribution in [0.2, 0.25) is 0 Å². The summed E-state index contributed by atoms with van der Waals surface area (Å²) in [6.45, 7) is 6.52. The predicted molar refractivity (Wildman–Crippen MR) is 74.9 cm³/mol. The van der Waals surface area contributed by atoms with Gasteiger partial charge in [-0.25, -0.2) is 0 Å². The Labute approximate surface area is 111 Å². The van der Waals surface area contributed by atoms with Crippen molar-refractivity contribution in [3.8, 4) is 0 Å². The Kier molecular flexibility index (Phi) is 6.36. The Bertz CT molecular complexity index is 334. The Morgan fingerprint density at radius 1 is 1.39 bits per heavy atom. The van der Waals surface area contributed by atoms with Gasteiger partial charge in [-0.15, -0.1) is 0 Å². The number of hydrogen-bond acceptors (Lipinski definition) is 3. The summed E-state index contributed by atoms with van der Waals surface area (Å²) in [5.41, 5.74) is 1.13. The lowest BCUT2D eigenvalue weighted by atomic mass is 10.0. The Balaban J connectivity index is 2.67. The molecule has 0 aromatic carbocycles. The van der Waals surface area contributed by atoms with Crippen LogP contribution in [0.25, 0.3) is 0 Å². The third-order valence-corrected chi connectivity index (χ3v) is 3.66. The molecule has 0 amide bonds. The molecular weight excluding hydrogens is 226 g/mol. The van der Waals surface area contributed by atoms with E-state index in [1.807, 2.05) is 7.05 Å². The van der Waals surface area contributed by atoms with E-state index in [1.54, 1.807) is 7.11 Å². The fraction of sp³-hybridized carbons (Fsp3) is 0.786. The molecule has 0 saturated heterocycles. The molecule has 0 spiro atoms. The summed E-state index contributed by atoms with van der Waals surface area (Å²) in [5.74, 6) is 0. The molecule has 0 bridgehead atoms. The van der Waals surface area contributed by atoms with Crippen LogP contribution in [0.3, 0.4) is 0 Å². The minimum absolute atomic E-state index is 0.240. The van der Waals surface area contributed by atoms with Gasteiger partial charge in [-0.1, -0.05) is 13.8 Å². The highest BCUT2D eigenvalue weighted by molar-refractivity contribution is 5.03. The van der Waals surface area contributed by atoms with Crippen molar-refractivity contribution in [3.05, 3.63) is 18.0 Å². The highest BCUT2D eigenvalue weighted by atomic mass is 16.5. The molecule has 0 aliphatic carbocycles. The number of hydrogen-bond donors (Lipinski definition) is 1. The van der Waals surface area contributed by atoms with Gasteiger partial charge in [-0.3, -0.25) is 4.68 Å². The topological polar surface area (TPSA) is 39.1 Å². The van der Waals surface area contributed by atoms with Crippen molar-refractivity contribution in [2.45, 2.75) is 58.2 Å². The number of likely N-dealkylation sites (N-methyl/N-ethyl adjacent to an activating group) is 1. The maximum atomic E-state index is 5.50. The van der Waals surface area contributed by atoms with Gasteiger partial charge in [0.2, 0.25) is 0 Å². The molecule has 104 valence electrons. The van der Waals surface area contributed by atoms with E-state index < -0.39 is 0 Å². The van der Waals surface area contributed by atoms with E-state index in [1.165, 1.54) is 0 Å². The smallest absolute Gasteiger partial charge is 0.0725 e. The zero-order valence-corrected chi connectivity index (χ0v) is 12.3. The number of methoxy groups -OCH3 is 1. The van der Waals surface area contributed by atoms with Crippen molar-refractivity contribution in [2.24, 2.45) is 0 Å². The largest absolute Gasteiger partial charge is 0.380 e. The zero-order chi connectivity index (χ0) is 13.5. The molecule has 0 radical (unpaired) electrons. The first kappa shape index (κ1) is 15.2. The number of ether oxygens (including phenoxy) is 1. The van der Waals surface area contributed by atoms with Crippen LogP contribution < -0.4 is 5.32 Å². The Morgan fingerprint density at radius 3 is 2.61 bits per heavy atom. The van der Waals surface area contributed by atoms with Gasteiger partial charge < -0.3 is 10.1 Å². The van der Waals surface area contributed by atoms with Crippen LogP contribution in [0, 0.1) is 0 Å². The van der Waals surface area contributed by atoms with Crippen molar-refractivity contribution in [3.63, 3.8) is 0 Å². The highest BCUT2D eigenvalue weighted by Gasteiger charge is 2.19. The summed E-state index contributed by atoms with van der Waals surface area (Å²) in [5, 5.41) is 7.97. The van der Waals surface area contributed by atoms with Crippen molar-refractivity contribution < 1.29 is 4.74 Å². The van der Waals surface area contributed by atoms with Crippen LogP contribution in [0.5, 0.6) is 0 Å². The maximum Gasteiger partial charge on any atom is 0.0725 e. The molecule has 1 N–H and O–H groups in total. The number of aromatic nitrogens is 2. The molecule has 0 aliphatic heterocycles. The Morgan fingerprint density at radius 2 is 2.11 bits per heavy atom. The second-order valence-corrected chi connectivity index (χ2v) is 4.83. The highest BCUT2D eigenvalue weighted by Crippen LogP contribution is 2.12. The molecule has 4 nitrogen and oxygen atoms in total. The van der Waals surface area contributed by atoms with E-state index in [0.717, 1.165) is 25.0 Å². The minimum atomic E-state index is 0.240. The molecule has 3 unspecified atom stereocenters. The summed E-state index contributed by atoms with van der Waals surface area (Å²) in [4.78, 5) is 0. The van der Waals surface area contributed by atoms with Gasteiger partial charge in [0, 0.05) is 31.8 Å². The first-order valence-corrected chi connectivity index (χ1v) is 6.90. The molecule has 1 aromatic rings. The maximum absolute atomic E-state index is 5.50. The number of rotatable bonds is 8. The molecule has 4 heteroatoms. The SMILES string of the molecule is CCC(OC)C(Cc1ccn(C(C)CC)n1)NC. The lowest BCUT2D eigenvalue weighted by Crippen LogP contribution is -2.40. The van der Waals surface area contributed by atoms with E-state index in [-0.39, 0.29) is 6.10 Å². The molecular formula is C14H27N3O. The summed E-state index contributed by atoms with van der Waals surface area (Å²) in [6.07, 6.45) is 5.33. The lowest BCUT2D eigenvalue weighted by molar-refractivity contribution is 0.0674. The summed E-state index contributed by atoms with van der Waals surface area (Å²) in [7, 11) is 3.76. The monoisotopic (exact) mass is 253 g/mol. The second-order valence-electron chi connectivity index (χ2n) is 4.83. The van der Waals surface area contributed by atoms with E-state index >= 15 is 0 Å². The van der Waals surface area contributed by atoms with Crippen molar-refractivity contribution in [1.82, 2.24) is 15.1 Å². The normalized spacial score (nSPS) is 16.5. The van der Waals surface area contributed by atoms with E-state index in [0.29, 0.717) is 12.1 Å². The molecule has 0 aliphatic rings. The first-order valence-electron chi connectivity index (χ1n) is 6.90. The predicted octanol–water partition coefficient (Wildman–Crippen LogP) is 2.41. The first-order chi connectivity index (χ1) is 8.65. The average Bonchev–Trinajstić information content (AvgIpc) is 2.86. The van der Waals surface area contributed by atoms with Crippen LogP contribution in [0.4, 0.5) is 0 Å². The lowest BCUT2D eigenvalue weighted by Gasteiger charge is -2.23. The second kappa shape index (κ2) is 7.54. The van der Waals surface area contributed by atoms with Crippen LogP contribution >= 0.6 is 0 Å². The van der Waals surface area contributed by atoms with E-state index in [2.05, 4.69) is 48.1 Å². The van der Waals surface area contributed by atoms with Gasteiger partial charge in [0.15, 0.2) is 0 Å². The summed E-state index contributed by atoms with van der Waals surface area (Å²) in [6, 6.07) is 2.90. The van der Waals surface area contributed by atoms with Crippen molar-refractivity contribution >= 4 is 0 Å². The van der Waals surface area contributed by atoms with E-state index in [9.17, 15) is 0 Å².